The van der Waals surface area contributed by atoms with Crippen LogP contribution in [-0.2, 0) is 39.6 Å². The molecule has 1 aliphatic rings. The second-order valence-electron chi connectivity index (χ2n) is 7.52. The molecular formula is C22H27N3O6. The molecule has 0 radical (unpaired) electrons. The second kappa shape index (κ2) is 8.41. The fourth-order valence-electron chi connectivity index (χ4n) is 4.45. The third-order valence-electron chi connectivity index (χ3n) is 5.76. The van der Waals surface area contributed by atoms with Crippen LogP contribution in [0.15, 0.2) is 39.9 Å². The number of nitrogens with zero attached hydrogens (tertiary/aromatic N) is 3. The van der Waals surface area contributed by atoms with Gasteiger partial charge in [0.2, 0.25) is 0 Å². The van der Waals surface area contributed by atoms with Crippen molar-refractivity contribution >= 4 is 17.8 Å². The van der Waals surface area contributed by atoms with Crippen LogP contribution in [0.2, 0.25) is 0 Å². The summed E-state index contributed by atoms with van der Waals surface area (Å²) in [6.45, 7) is 3.42. The molecule has 166 valence electrons. The normalized spacial score (nSPS) is 17.1. The molecule has 1 aliphatic heterocycles. The van der Waals surface area contributed by atoms with E-state index in [4.69, 9.17) is 9.47 Å². The summed E-state index contributed by atoms with van der Waals surface area (Å²) in [5, 5.41) is 0. The Balaban J connectivity index is 2.42. The summed E-state index contributed by atoms with van der Waals surface area (Å²) < 4.78 is 13.0. The van der Waals surface area contributed by atoms with E-state index in [1.165, 1.54) is 11.6 Å². The topological polar surface area (TPSA) is 99.8 Å². The number of hydrogen-bond donors (Lipinski definition) is 0. The van der Waals surface area contributed by atoms with Crippen molar-refractivity contribution in [3.05, 3.63) is 62.3 Å². The van der Waals surface area contributed by atoms with Crippen molar-refractivity contribution in [2.24, 2.45) is 19.5 Å². The summed E-state index contributed by atoms with van der Waals surface area (Å²) in [6, 6.07) is 8.14. The standard InChI is InChI=1S/C22H27N3O6/c1-6-30-19(27)22(20(28)31-7-2)13-15-17(24(4)21(29)25(5)18(15)26)23(3)16(22)14-11-9-8-10-12-14/h8-12,16H,6-7,13H2,1-5H3. The van der Waals surface area contributed by atoms with E-state index < -0.39 is 34.6 Å². The zero-order valence-electron chi connectivity index (χ0n) is 18.4. The number of anilines is 1. The highest BCUT2D eigenvalue weighted by molar-refractivity contribution is 6.03. The molecule has 1 aromatic heterocycles. The number of fused-ring (bicyclic) bond motifs is 1. The first-order valence-electron chi connectivity index (χ1n) is 10.1. The molecular weight excluding hydrogens is 402 g/mol. The lowest BCUT2D eigenvalue weighted by molar-refractivity contribution is -0.174. The minimum Gasteiger partial charge on any atom is -0.465 e. The van der Waals surface area contributed by atoms with E-state index in [2.05, 4.69) is 0 Å². The van der Waals surface area contributed by atoms with Crippen molar-refractivity contribution in [2.75, 3.05) is 25.2 Å². The molecule has 0 bridgehead atoms. The molecule has 0 amide bonds. The van der Waals surface area contributed by atoms with Gasteiger partial charge in [0.15, 0.2) is 5.41 Å². The summed E-state index contributed by atoms with van der Waals surface area (Å²) in [7, 11) is 4.58. The minimum absolute atomic E-state index is 0.0589. The molecule has 9 heteroatoms. The van der Waals surface area contributed by atoms with Gasteiger partial charge >= 0.3 is 17.6 Å². The van der Waals surface area contributed by atoms with Crippen LogP contribution in [0.1, 0.15) is 31.0 Å². The van der Waals surface area contributed by atoms with E-state index in [0.29, 0.717) is 11.4 Å². The van der Waals surface area contributed by atoms with Crippen molar-refractivity contribution in [1.82, 2.24) is 9.13 Å². The van der Waals surface area contributed by atoms with Gasteiger partial charge in [-0.25, -0.2) is 4.79 Å². The van der Waals surface area contributed by atoms with Crippen molar-refractivity contribution in [3.63, 3.8) is 0 Å². The lowest BCUT2D eigenvalue weighted by atomic mass is 9.69. The van der Waals surface area contributed by atoms with Gasteiger partial charge < -0.3 is 14.4 Å². The average molecular weight is 429 g/mol. The van der Waals surface area contributed by atoms with E-state index in [9.17, 15) is 19.2 Å². The Bertz CT molecular complexity index is 1100. The Hall–Kier alpha value is -3.36. The number of benzene rings is 1. The lowest BCUT2D eigenvalue weighted by Crippen LogP contribution is -2.59. The monoisotopic (exact) mass is 429 g/mol. The molecule has 0 spiro atoms. The van der Waals surface area contributed by atoms with Crippen molar-refractivity contribution < 1.29 is 19.1 Å². The molecule has 0 N–H and O–H groups in total. The maximum atomic E-state index is 13.4. The number of esters is 2. The van der Waals surface area contributed by atoms with Crippen LogP contribution >= 0.6 is 0 Å². The summed E-state index contributed by atoms with van der Waals surface area (Å²) in [6.07, 6.45) is -0.245. The Morgan fingerprint density at radius 3 is 2.03 bits per heavy atom. The first-order valence-corrected chi connectivity index (χ1v) is 10.1. The fourth-order valence-corrected chi connectivity index (χ4v) is 4.45. The molecule has 0 saturated carbocycles. The van der Waals surface area contributed by atoms with Crippen LogP contribution in [0.3, 0.4) is 0 Å². The molecule has 1 aromatic carbocycles. The average Bonchev–Trinajstić information content (AvgIpc) is 2.76. The number of aromatic nitrogens is 2. The largest absolute Gasteiger partial charge is 0.465 e. The summed E-state index contributed by atoms with van der Waals surface area (Å²) >= 11 is 0. The summed E-state index contributed by atoms with van der Waals surface area (Å²) in [5.41, 5.74) is -2.04. The highest BCUT2D eigenvalue weighted by atomic mass is 16.6. The lowest BCUT2D eigenvalue weighted by Gasteiger charge is -2.46. The highest BCUT2D eigenvalue weighted by Gasteiger charge is 2.60. The van der Waals surface area contributed by atoms with Gasteiger partial charge in [-0.1, -0.05) is 30.3 Å². The predicted octanol–water partition coefficient (Wildman–Crippen LogP) is 0.930. The van der Waals surface area contributed by atoms with Crippen LogP contribution in [0.5, 0.6) is 0 Å². The Morgan fingerprint density at radius 1 is 0.968 bits per heavy atom. The van der Waals surface area contributed by atoms with Crippen molar-refractivity contribution in [2.45, 2.75) is 26.3 Å². The SMILES string of the molecule is CCOC(=O)C1(C(=O)OCC)Cc2c(n(C)c(=O)n(C)c2=O)N(C)C1c1ccccc1. The van der Waals surface area contributed by atoms with Gasteiger partial charge in [0.1, 0.15) is 5.82 Å². The number of carbonyl (C=O) groups excluding carboxylic acids is 2. The Kier molecular flexibility index (Phi) is 6.06. The number of carbonyl (C=O) groups is 2. The van der Waals surface area contributed by atoms with E-state index in [-0.39, 0.29) is 25.2 Å². The fraction of sp³-hybridized carbons (Fsp3) is 0.455. The van der Waals surface area contributed by atoms with Gasteiger partial charge in [-0.05, 0) is 19.4 Å². The molecule has 1 atom stereocenters. The maximum absolute atomic E-state index is 13.4. The molecule has 3 rings (SSSR count). The quantitative estimate of drug-likeness (QED) is 0.515. The molecule has 2 aromatic rings. The minimum atomic E-state index is -1.82. The molecule has 0 fully saturated rings. The third-order valence-corrected chi connectivity index (χ3v) is 5.76. The summed E-state index contributed by atoms with van der Waals surface area (Å²) in [4.78, 5) is 54.1. The van der Waals surface area contributed by atoms with Gasteiger partial charge in [0.25, 0.3) is 5.56 Å². The van der Waals surface area contributed by atoms with Crippen molar-refractivity contribution in [1.29, 1.82) is 0 Å². The van der Waals surface area contributed by atoms with E-state index in [0.717, 1.165) is 4.57 Å². The zero-order valence-corrected chi connectivity index (χ0v) is 18.4. The first kappa shape index (κ1) is 22.3. The number of ether oxygens (including phenoxy) is 2. The van der Waals surface area contributed by atoms with Crippen LogP contribution < -0.4 is 16.1 Å². The van der Waals surface area contributed by atoms with Gasteiger partial charge in [0, 0.05) is 27.6 Å². The molecule has 2 heterocycles. The predicted molar refractivity (Wildman–Crippen MR) is 114 cm³/mol. The Morgan fingerprint density at radius 2 is 1.52 bits per heavy atom. The summed E-state index contributed by atoms with van der Waals surface area (Å²) in [5.74, 6) is -1.18. The van der Waals surface area contributed by atoms with Crippen LogP contribution in [-0.4, -0.2) is 41.3 Å². The van der Waals surface area contributed by atoms with Crippen LogP contribution in [0, 0.1) is 5.41 Å². The number of rotatable bonds is 5. The van der Waals surface area contributed by atoms with Crippen LogP contribution in [0.4, 0.5) is 5.82 Å². The molecule has 0 saturated heterocycles. The highest BCUT2D eigenvalue weighted by Crippen LogP contribution is 2.49. The molecule has 9 nitrogen and oxygen atoms in total. The smallest absolute Gasteiger partial charge is 0.332 e. The van der Waals surface area contributed by atoms with Gasteiger partial charge in [-0.15, -0.1) is 0 Å². The first-order chi connectivity index (χ1) is 14.7. The second-order valence-corrected chi connectivity index (χ2v) is 7.52. The number of hydrogen-bond acceptors (Lipinski definition) is 7. The molecule has 1 unspecified atom stereocenters. The van der Waals surface area contributed by atoms with Gasteiger partial charge in [0.05, 0.1) is 24.8 Å². The molecule has 31 heavy (non-hydrogen) atoms. The van der Waals surface area contributed by atoms with Gasteiger partial charge in [-0.3, -0.25) is 23.5 Å². The van der Waals surface area contributed by atoms with Crippen molar-refractivity contribution in [3.8, 4) is 0 Å². The van der Waals surface area contributed by atoms with Crippen LogP contribution in [0.25, 0.3) is 0 Å². The third kappa shape index (κ3) is 3.34. The molecule has 0 aliphatic carbocycles. The van der Waals surface area contributed by atoms with E-state index >= 15 is 0 Å². The van der Waals surface area contributed by atoms with E-state index in [1.54, 1.807) is 57.1 Å². The van der Waals surface area contributed by atoms with Gasteiger partial charge in [-0.2, -0.15) is 0 Å². The Labute approximate surface area is 179 Å². The van der Waals surface area contributed by atoms with E-state index in [1.807, 2.05) is 6.07 Å². The maximum Gasteiger partial charge on any atom is 0.332 e. The zero-order chi connectivity index (χ0) is 22.9.